The maximum atomic E-state index is 12.2. The van der Waals surface area contributed by atoms with Gasteiger partial charge in [0.05, 0.1) is 12.6 Å². The van der Waals surface area contributed by atoms with Gasteiger partial charge in [-0.25, -0.2) is 0 Å². The number of rotatable bonds is 5. The minimum absolute atomic E-state index is 0.0187. The standard InChI is InChI=1S/C17H19NO2/c1-13(15-8-4-3-5-9-15)18-17(19)16-10-6-7-14(11-16)12-20-2/h3-11,13H,12H2,1-2H3,(H,18,19). The predicted molar refractivity (Wildman–Crippen MR) is 79.5 cm³/mol. The maximum Gasteiger partial charge on any atom is 0.251 e. The van der Waals surface area contributed by atoms with Gasteiger partial charge in [0.15, 0.2) is 0 Å². The van der Waals surface area contributed by atoms with Crippen molar-refractivity contribution in [1.29, 1.82) is 0 Å². The van der Waals surface area contributed by atoms with Crippen LogP contribution in [0.15, 0.2) is 54.6 Å². The van der Waals surface area contributed by atoms with E-state index >= 15 is 0 Å². The lowest BCUT2D eigenvalue weighted by Gasteiger charge is -2.14. The smallest absolute Gasteiger partial charge is 0.251 e. The van der Waals surface area contributed by atoms with Gasteiger partial charge in [-0.15, -0.1) is 0 Å². The van der Waals surface area contributed by atoms with Gasteiger partial charge in [-0.05, 0) is 30.2 Å². The summed E-state index contributed by atoms with van der Waals surface area (Å²) in [6, 6.07) is 17.4. The third-order valence-electron chi connectivity index (χ3n) is 3.15. The average molecular weight is 269 g/mol. The van der Waals surface area contributed by atoms with Crippen LogP contribution in [0.25, 0.3) is 0 Å². The molecule has 0 saturated carbocycles. The highest BCUT2D eigenvalue weighted by Crippen LogP contribution is 2.13. The van der Waals surface area contributed by atoms with Crippen LogP contribution in [0.5, 0.6) is 0 Å². The normalized spacial score (nSPS) is 11.9. The van der Waals surface area contributed by atoms with Crippen LogP contribution >= 0.6 is 0 Å². The van der Waals surface area contributed by atoms with Crippen molar-refractivity contribution in [3.63, 3.8) is 0 Å². The van der Waals surface area contributed by atoms with Crippen LogP contribution < -0.4 is 5.32 Å². The number of carbonyl (C=O) groups is 1. The molecule has 2 aromatic rings. The number of amides is 1. The van der Waals surface area contributed by atoms with Crippen molar-refractivity contribution in [2.45, 2.75) is 19.6 Å². The third kappa shape index (κ3) is 3.68. The van der Waals surface area contributed by atoms with Crippen molar-refractivity contribution in [1.82, 2.24) is 5.32 Å². The Bertz CT molecular complexity index is 566. The highest BCUT2D eigenvalue weighted by molar-refractivity contribution is 5.94. The summed E-state index contributed by atoms with van der Waals surface area (Å²) in [5.41, 5.74) is 2.74. The Morgan fingerprint density at radius 3 is 2.60 bits per heavy atom. The van der Waals surface area contributed by atoms with Gasteiger partial charge in [0.25, 0.3) is 5.91 Å². The van der Waals surface area contributed by atoms with E-state index in [4.69, 9.17) is 4.74 Å². The summed E-state index contributed by atoms with van der Waals surface area (Å²) in [5, 5.41) is 3.00. The molecule has 0 spiro atoms. The minimum Gasteiger partial charge on any atom is -0.380 e. The molecule has 1 amide bonds. The van der Waals surface area contributed by atoms with Crippen molar-refractivity contribution in [3.05, 3.63) is 71.3 Å². The van der Waals surface area contributed by atoms with Crippen molar-refractivity contribution in [3.8, 4) is 0 Å². The third-order valence-corrected chi connectivity index (χ3v) is 3.15. The molecule has 1 N–H and O–H groups in total. The summed E-state index contributed by atoms with van der Waals surface area (Å²) >= 11 is 0. The molecule has 0 aliphatic carbocycles. The second-order valence-corrected chi connectivity index (χ2v) is 4.74. The van der Waals surface area contributed by atoms with E-state index in [1.54, 1.807) is 7.11 Å². The van der Waals surface area contributed by atoms with Gasteiger partial charge in [0, 0.05) is 12.7 Å². The zero-order chi connectivity index (χ0) is 14.4. The summed E-state index contributed by atoms with van der Waals surface area (Å²) in [6.07, 6.45) is 0. The first kappa shape index (κ1) is 14.3. The SMILES string of the molecule is COCc1cccc(C(=O)NC(C)c2ccccc2)c1. The highest BCUT2D eigenvalue weighted by Gasteiger charge is 2.11. The Kier molecular flexibility index (Phi) is 4.91. The first-order valence-corrected chi connectivity index (χ1v) is 6.64. The Morgan fingerprint density at radius 2 is 1.90 bits per heavy atom. The lowest BCUT2D eigenvalue weighted by atomic mass is 10.1. The summed E-state index contributed by atoms with van der Waals surface area (Å²) in [5.74, 6) is -0.0701. The summed E-state index contributed by atoms with van der Waals surface area (Å²) in [4.78, 5) is 12.2. The number of hydrogen-bond donors (Lipinski definition) is 1. The van der Waals surface area contributed by atoms with E-state index in [9.17, 15) is 4.79 Å². The number of nitrogens with one attached hydrogen (secondary N) is 1. The molecule has 0 saturated heterocycles. The molecule has 0 fully saturated rings. The van der Waals surface area contributed by atoms with Gasteiger partial charge in [-0.2, -0.15) is 0 Å². The topological polar surface area (TPSA) is 38.3 Å². The van der Waals surface area contributed by atoms with Crippen LogP contribution in [-0.2, 0) is 11.3 Å². The number of hydrogen-bond acceptors (Lipinski definition) is 2. The van der Waals surface area contributed by atoms with Crippen LogP contribution in [-0.4, -0.2) is 13.0 Å². The van der Waals surface area contributed by atoms with Gasteiger partial charge in [-0.3, -0.25) is 4.79 Å². The molecular formula is C17H19NO2. The largest absolute Gasteiger partial charge is 0.380 e. The second-order valence-electron chi connectivity index (χ2n) is 4.74. The molecule has 0 aliphatic rings. The summed E-state index contributed by atoms with van der Waals surface area (Å²) in [6.45, 7) is 2.49. The summed E-state index contributed by atoms with van der Waals surface area (Å²) < 4.78 is 5.08. The molecule has 1 atom stereocenters. The first-order valence-electron chi connectivity index (χ1n) is 6.64. The van der Waals surface area contributed by atoms with Gasteiger partial charge in [0.2, 0.25) is 0 Å². The Labute approximate surface area is 119 Å². The van der Waals surface area contributed by atoms with E-state index in [1.807, 2.05) is 61.5 Å². The van der Waals surface area contributed by atoms with Crippen molar-refractivity contribution in [2.75, 3.05) is 7.11 Å². The molecule has 3 nitrogen and oxygen atoms in total. The van der Waals surface area contributed by atoms with Crippen LogP contribution in [0.4, 0.5) is 0 Å². The molecule has 3 heteroatoms. The second kappa shape index (κ2) is 6.87. The van der Waals surface area contributed by atoms with Crippen molar-refractivity contribution in [2.24, 2.45) is 0 Å². The molecule has 104 valence electrons. The van der Waals surface area contributed by atoms with E-state index in [1.165, 1.54) is 0 Å². The van der Waals surface area contributed by atoms with Crippen LogP contribution in [0.3, 0.4) is 0 Å². The molecule has 0 aromatic heterocycles. The van der Waals surface area contributed by atoms with Crippen molar-refractivity contribution >= 4 is 5.91 Å². The first-order chi connectivity index (χ1) is 9.70. The van der Waals surface area contributed by atoms with Gasteiger partial charge >= 0.3 is 0 Å². The maximum absolute atomic E-state index is 12.2. The predicted octanol–water partition coefficient (Wildman–Crippen LogP) is 3.32. The highest BCUT2D eigenvalue weighted by atomic mass is 16.5. The fraction of sp³-hybridized carbons (Fsp3) is 0.235. The zero-order valence-electron chi connectivity index (χ0n) is 11.8. The van der Waals surface area contributed by atoms with Gasteiger partial charge < -0.3 is 10.1 Å². The van der Waals surface area contributed by atoms with Gasteiger partial charge in [-0.1, -0.05) is 42.5 Å². The molecule has 20 heavy (non-hydrogen) atoms. The lowest BCUT2D eigenvalue weighted by Crippen LogP contribution is -2.26. The molecular weight excluding hydrogens is 250 g/mol. The average Bonchev–Trinajstić information content (AvgIpc) is 2.48. The Morgan fingerprint density at radius 1 is 1.15 bits per heavy atom. The Hall–Kier alpha value is -2.13. The lowest BCUT2D eigenvalue weighted by molar-refractivity contribution is 0.0939. The summed E-state index contributed by atoms with van der Waals surface area (Å²) in [7, 11) is 1.64. The molecule has 2 aromatic carbocycles. The zero-order valence-corrected chi connectivity index (χ0v) is 11.8. The molecule has 1 unspecified atom stereocenters. The fourth-order valence-electron chi connectivity index (χ4n) is 2.07. The molecule has 2 rings (SSSR count). The van der Waals surface area contributed by atoms with Gasteiger partial charge in [0.1, 0.15) is 0 Å². The monoisotopic (exact) mass is 269 g/mol. The number of carbonyl (C=O) groups excluding carboxylic acids is 1. The minimum atomic E-state index is -0.0701. The molecule has 0 radical (unpaired) electrons. The molecule has 0 bridgehead atoms. The van der Waals surface area contributed by atoms with Crippen LogP contribution in [0, 0.1) is 0 Å². The van der Waals surface area contributed by atoms with Crippen molar-refractivity contribution < 1.29 is 9.53 Å². The van der Waals surface area contributed by atoms with E-state index in [0.717, 1.165) is 11.1 Å². The van der Waals surface area contributed by atoms with E-state index < -0.39 is 0 Å². The number of methoxy groups -OCH3 is 1. The molecule has 0 aliphatic heterocycles. The van der Waals surface area contributed by atoms with E-state index in [-0.39, 0.29) is 11.9 Å². The Balaban J connectivity index is 2.06. The fourth-order valence-corrected chi connectivity index (χ4v) is 2.07. The van der Waals surface area contributed by atoms with Crippen LogP contribution in [0.2, 0.25) is 0 Å². The number of ether oxygens (including phenoxy) is 1. The quantitative estimate of drug-likeness (QED) is 0.904. The van der Waals surface area contributed by atoms with E-state index in [0.29, 0.717) is 12.2 Å². The number of benzene rings is 2. The molecule has 0 heterocycles. The van der Waals surface area contributed by atoms with Crippen LogP contribution in [0.1, 0.15) is 34.5 Å². The van der Waals surface area contributed by atoms with E-state index in [2.05, 4.69) is 5.32 Å².